The van der Waals surface area contributed by atoms with Gasteiger partial charge in [0.15, 0.2) is 0 Å². The minimum absolute atomic E-state index is 0.243. The van der Waals surface area contributed by atoms with Crippen LogP contribution in [0.4, 0.5) is 17.1 Å². The van der Waals surface area contributed by atoms with Gasteiger partial charge in [-0.25, -0.2) is 9.59 Å². The maximum atomic E-state index is 11.6. The molecule has 0 radical (unpaired) electrons. The summed E-state index contributed by atoms with van der Waals surface area (Å²) in [4.78, 5) is 25.6. The lowest BCUT2D eigenvalue weighted by molar-refractivity contribution is -0.129. The molecule has 0 saturated heterocycles. The molecule has 246 valence electrons. The molecule has 5 heteroatoms. The lowest BCUT2D eigenvalue weighted by Crippen LogP contribution is -2.21. The standard InChI is InChI=1S/C46H33NO4/c1-3-43(48)50-39-24-14-32(15-25-39)30-10-20-37(21-11-30)47(38-22-12-31(13-23-38)33-16-26-40(27-17-33)51-44(49)4-2)42-29-19-36-9-8-34-6-5-7-35-18-28-41(42)46(36)45(34)35/h3-27,29,45H,1-2,28H2. The zero-order valence-corrected chi connectivity index (χ0v) is 27.8. The molecule has 0 heterocycles. The molecule has 0 saturated carbocycles. The molecule has 1 atom stereocenters. The minimum atomic E-state index is -0.485. The molecule has 51 heavy (non-hydrogen) atoms. The van der Waals surface area contributed by atoms with Gasteiger partial charge in [-0.15, -0.1) is 0 Å². The van der Waals surface area contributed by atoms with Gasteiger partial charge in [-0.05, 0) is 111 Å². The lowest BCUT2D eigenvalue weighted by Gasteiger charge is -2.36. The summed E-state index contributed by atoms with van der Waals surface area (Å²) in [7, 11) is 0. The maximum absolute atomic E-state index is 11.6. The van der Waals surface area contributed by atoms with Crippen molar-refractivity contribution in [2.24, 2.45) is 0 Å². The molecule has 0 aliphatic heterocycles. The van der Waals surface area contributed by atoms with Gasteiger partial charge in [0, 0.05) is 35.1 Å². The molecule has 0 fully saturated rings. The van der Waals surface area contributed by atoms with E-state index in [1.807, 2.05) is 24.3 Å². The van der Waals surface area contributed by atoms with Crippen LogP contribution in [0.15, 0.2) is 176 Å². The second-order valence-corrected chi connectivity index (χ2v) is 12.5. The third-order valence-corrected chi connectivity index (χ3v) is 9.53. The van der Waals surface area contributed by atoms with E-state index >= 15 is 0 Å². The van der Waals surface area contributed by atoms with Crippen molar-refractivity contribution < 1.29 is 19.1 Å². The van der Waals surface area contributed by atoms with E-state index in [2.05, 4.69) is 115 Å². The van der Waals surface area contributed by atoms with E-state index < -0.39 is 11.9 Å². The first-order valence-corrected chi connectivity index (χ1v) is 16.8. The first-order valence-electron chi connectivity index (χ1n) is 16.8. The van der Waals surface area contributed by atoms with Crippen LogP contribution in [0.25, 0.3) is 28.3 Å². The number of ether oxygens (including phenoxy) is 2. The number of rotatable bonds is 9. The smallest absolute Gasteiger partial charge is 0.335 e. The highest BCUT2D eigenvalue weighted by Crippen LogP contribution is 2.50. The normalized spacial score (nSPS) is 14.8. The molecular formula is C46H33NO4. The van der Waals surface area contributed by atoms with Gasteiger partial charge in [0.2, 0.25) is 0 Å². The summed E-state index contributed by atoms with van der Waals surface area (Å²) in [6, 6.07) is 36.6. The third-order valence-electron chi connectivity index (χ3n) is 9.53. The number of hydrogen-bond acceptors (Lipinski definition) is 5. The predicted molar refractivity (Wildman–Crippen MR) is 204 cm³/mol. The Morgan fingerprint density at radius 3 is 1.63 bits per heavy atom. The van der Waals surface area contributed by atoms with Crippen molar-refractivity contribution in [1.82, 2.24) is 0 Å². The number of carbonyl (C=O) groups excluding carboxylic acids is 2. The van der Waals surface area contributed by atoms with Crippen molar-refractivity contribution >= 4 is 35.1 Å². The molecular weight excluding hydrogens is 631 g/mol. The summed E-state index contributed by atoms with van der Waals surface area (Å²) < 4.78 is 10.5. The van der Waals surface area contributed by atoms with Gasteiger partial charge in [0.25, 0.3) is 0 Å². The summed E-state index contributed by atoms with van der Waals surface area (Å²) >= 11 is 0. The van der Waals surface area contributed by atoms with Gasteiger partial charge in [0.1, 0.15) is 11.5 Å². The van der Waals surface area contributed by atoms with Crippen molar-refractivity contribution in [2.75, 3.05) is 4.90 Å². The summed E-state index contributed by atoms with van der Waals surface area (Å²) in [6.07, 6.45) is 16.6. The predicted octanol–water partition coefficient (Wildman–Crippen LogP) is 10.8. The van der Waals surface area contributed by atoms with Crippen molar-refractivity contribution in [1.29, 1.82) is 0 Å². The number of carbonyl (C=O) groups is 2. The van der Waals surface area contributed by atoms with E-state index in [9.17, 15) is 9.59 Å². The third kappa shape index (κ3) is 6.06. The largest absolute Gasteiger partial charge is 0.423 e. The van der Waals surface area contributed by atoms with Crippen LogP contribution in [0.5, 0.6) is 11.5 Å². The van der Waals surface area contributed by atoms with Crippen LogP contribution in [0.3, 0.4) is 0 Å². The summed E-state index contributed by atoms with van der Waals surface area (Å²) in [5.74, 6) is 0.220. The molecule has 0 spiro atoms. The Labute approximate surface area is 297 Å². The molecule has 8 rings (SSSR count). The molecule has 5 aromatic rings. The van der Waals surface area contributed by atoms with Gasteiger partial charge in [-0.3, -0.25) is 0 Å². The van der Waals surface area contributed by atoms with Crippen LogP contribution >= 0.6 is 0 Å². The average Bonchev–Trinajstić information content (AvgIpc) is 3.18. The Balaban J connectivity index is 1.17. The van der Waals surface area contributed by atoms with Crippen molar-refractivity contribution in [3.8, 4) is 33.8 Å². The zero-order valence-electron chi connectivity index (χ0n) is 27.8. The fraction of sp³-hybridized carbons (Fsp3) is 0.0435. The molecule has 3 aliphatic carbocycles. The van der Waals surface area contributed by atoms with Crippen LogP contribution in [-0.2, 0) is 16.0 Å². The van der Waals surface area contributed by atoms with Gasteiger partial charge in [0.05, 0.1) is 0 Å². The molecule has 3 aliphatic rings. The number of allylic oxidation sites excluding steroid dienone is 7. The van der Waals surface area contributed by atoms with Crippen molar-refractivity contribution in [2.45, 2.75) is 12.3 Å². The Morgan fingerprint density at radius 1 is 0.608 bits per heavy atom. The van der Waals surface area contributed by atoms with Crippen molar-refractivity contribution in [3.63, 3.8) is 0 Å². The molecule has 0 aromatic heterocycles. The van der Waals surface area contributed by atoms with Gasteiger partial charge in [-0.1, -0.05) is 104 Å². The summed E-state index contributed by atoms with van der Waals surface area (Å²) in [5.41, 5.74) is 14.0. The average molecular weight is 664 g/mol. The van der Waals surface area contributed by atoms with Crippen LogP contribution in [-0.4, -0.2) is 11.9 Å². The Hall–Kier alpha value is -6.72. The molecule has 0 bridgehead atoms. The maximum Gasteiger partial charge on any atom is 0.335 e. The SMILES string of the molecule is C=CC(=O)Oc1ccc(-c2ccc(N(c3ccc(-c4ccc(OC(=O)C=C)cc4)cc3)c3ccc4c5c3CC=C3C=CC=C(C=C4)C35)cc2)cc1. The summed E-state index contributed by atoms with van der Waals surface area (Å²) in [5, 5.41) is 0. The quantitative estimate of drug-likeness (QED) is 0.0892. The number of nitrogens with zero attached hydrogens (tertiary/aromatic N) is 1. The second-order valence-electron chi connectivity index (χ2n) is 12.5. The van der Waals surface area contributed by atoms with Crippen molar-refractivity contribution in [3.05, 3.63) is 193 Å². The Kier molecular flexibility index (Phi) is 8.22. The fourth-order valence-corrected chi connectivity index (χ4v) is 7.09. The van der Waals surface area contributed by atoms with Crippen LogP contribution in [0.1, 0.15) is 22.6 Å². The highest BCUT2D eigenvalue weighted by Gasteiger charge is 2.32. The van der Waals surface area contributed by atoms with Gasteiger partial charge < -0.3 is 14.4 Å². The van der Waals surface area contributed by atoms with E-state index in [4.69, 9.17) is 9.47 Å². The number of esters is 2. The molecule has 0 N–H and O–H groups in total. The van der Waals surface area contributed by atoms with E-state index in [0.717, 1.165) is 57.9 Å². The first-order chi connectivity index (χ1) is 25.0. The van der Waals surface area contributed by atoms with Gasteiger partial charge in [-0.2, -0.15) is 0 Å². The highest BCUT2D eigenvalue weighted by atomic mass is 16.5. The Morgan fingerprint density at radius 2 is 1.12 bits per heavy atom. The summed E-state index contributed by atoms with van der Waals surface area (Å²) in [6.45, 7) is 6.93. The molecule has 1 unspecified atom stereocenters. The highest BCUT2D eigenvalue weighted by molar-refractivity contribution is 5.86. The molecule has 0 amide bonds. The van der Waals surface area contributed by atoms with Crippen LogP contribution < -0.4 is 14.4 Å². The first kappa shape index (κ1) is 31.5. The Bertz CT molecular complexity index is 2210. The van der Waals surface area contributed by atoms with E-state index in [1.54, 1.807) is 24.3 Å². The monoisotopic (exact) mass is 663 g/mol. The van der Waals surface area contributed by atoms with E-state index in [-0.39, 0.29) is 5.92 Å². The van der Waals surface area contributed by atoms with E-state index in [1.165, 1.54) is 27.8 Å². The van der Waals surface area contributed by atoms with E-state index in [0.29, 0.717) is 11.5 Å². The molecule has 5 aromatic carbocycles. The topological polar surface area (TPSA) is 55.8 Å². The fourth-order valence-electron chi connectivity index (χ4n) is 7.09. The molecule has 5 nitrogen and oxygen atoms in total. The van der Waals surface area contributed by atoms with Gasteiger partial charge >= 0.3 is 11.9 Å². The lowest BCUT2D eigenvalue weighted by atomic mass is 9.70. The minimum Gasteiger partial charge on any atom is -0.423 e. The van der Waals surface area contributed by atoms with Crippen LogP contribution in [0.2, 0.25) is 0 Å². The van der Waals surface area contributed by atoms with Crippen LogP contribution in [0, 0.1) is 0 Å². The number of benzene rings is 5. The zero-order chi connectivity index (χ0) is 34.9. The number of anilines is 3. The second kappa shape index (κ2) is 13.3. The number of hydrogen-bond donors (Lipinski definition) is 0.